The number of benzene rings is 1. The largest absolute Gasteiger partial charge is 0.486 e. The molecule has 0 spiro atoms. The Kier molecular flexibility index (Phi) is 4.42. The number of fused-ring (bicyclic) bond motifs is 1. The van der Waals surface area contributed by atoms with Crippen LogP contribution in [0, 0.1) is 12.7 Å². The number of anilines is 1. The van der Waals surface area contributed by atoms with E-state index in [1.807, 2.05) is 19.1 Å². The highest BCUT2D eigenvalue weighted by Crippen LogP contribution is 2.36. The molecule has 4 rings (SSSR count). The number of nitrogens with zero attached hydrogens (tertiary/aromatic N) is 2. The number of rotatable bonds is 3. The number of ether oxygens (including phenoxy) is 2. The fourth-order valence-electron chi connectivity index (χ4n) is 2.85. The minimum atomic E-state index is -0.675. The van der Waals surface area contributed by atoms with Gasteiger partial charge in [-0.25, -0.2) is 4.39 Å². The lowest BCUT2D eigenvalue weighted by atomic mass is 10.0. The van der Waals surface area contributed by atoms with Gasteiger partial charge >= 0.3 is 0 Å². The molecule has 0 atom stereocenters. The molecule has 136 valence electrons. The predicted octanol–water partition coefficient (Wildman–Crippen LogP) is 3.61. The van der Waals surface area contributed by atoms with Crippen LogP contribution in [0.5, 0.6) is 11.5 Å². The van der Waals surface area contributed by atoms with E-state index in [9.17, 15) is 9.18 Å². The Morgan fingerprint density at radius 3 is 2.59 bits per heavy atom. The van der Waals surface area contributed by atoms with Gasteiger partial charge in [0.2, 0.25) is 0 Å². The van der Waals surface area contributed by atoms with Crippen LogP contribution in [0.4, 0.5) is 10.1 Å². The fraction of sp³-hybridized carbons (Fsp3) is 0.150. The smallest absolute Gasteiger partial charge is 0.258 e. The van der Waals surface area contributed by atoms with Crippen LogP contribution in [0.2, 0.25) is 0 Å². The van der Waals surface area contributed by atoms with E-state index in [2.05, 4.69) is 15.3 Å². The van der Waals surface area contributed by atoms with E-state index in [1.54, 1.807) is 12.1 Å². The van der Waals surface area contributed by atoms with Crippen molar-refractivity contribution in [3.05, 3.63) is 65.9 Å². The molecule has 7 heteroatoms. The molecule has 0 aliphatic carbocycles. The molecule has 0 radical (unpaired) electrons. The summed E-state index contributed by atoms with van der Waals surface area (Å²) in [7, 11) is 0. The van der Waals surface area contributed by atoms with Gasteiger partial charge in [0.05, 0.1) is 29.3 Å². The lowest BCUT2D eigenvalue weighted by molar-refractivity contribution is 0.102. The lowest BCUT2D eigenvalue weighted by Crippen LogP contribution is -2.15. The maximum absolute atomic E-state index is 13.6. The summed E-state index contributed by atoms with van der Waals surface area (Å²) in [6.45, 7) is 3.02. The van der Waals surface area contributed by atoms with Crippen molar-refractivity contribution in [2.24, 2.45) is 0 Å². The average molecular weight is 365 g/mol. The van der Waals surface area contributed by atoms with Gasteiger partial charge in [0.1, 0.15) is 13.2 Å². The molecular formula is C20H16FN3O3. The standard InChI is InChI=1S/C20H16FN3O3/c1-12-8-18-19(27-7-6-26-18)9-15(12)17-3-2-13(10-23-17)24-20(25)14-4-5-22-11-16(14)21/h2-5,8-11H,6-7H2,1H3,(H,24,25). The third-order valence-corrected chi connectivity index (χ3v) is 4.20. The minimum absolute atomic E-state index is 0.0724. The Balaban J connectivity index is 1.56. The molecule has 1 aromatic carbocycles. The van der Waals surface area contributed by atoms with E-state index in [0.717, 1.165) is 28.8 Å². The van der Waals surface area contributed by atoms with Crippen molar-refractivity contribution in [3.63, 3.8) is 0 Å². The summed E-state index contributed by atoms with van der Waals surface area (Å²) in [5.74, 6) is 0.186. The Hall–Kier alpha value is -3.48. The van der Waals surface area contributed by atoms with Crippen molar-refractivity contribution >= 4 is 11.6 Å². The van der Waals surface area contributed by atoms with Crippen molar-refractivity contribution in [1.82, 2.24) is 9.97 Å². The van der Waals surface area contributed by atoms with Crippen LogP contribution in [0.3, 0.4) is 0 Å². The SMILES string of the molecule is Cc1cc2c(cc1-c1ccc(NC(=O)c3ccncc3F)cn1)OCCO2. The second kappa shape index (κ2) is 7.03. The van der Waals surface area contributed by atoms with E-state index in [4.69, 9.17) is 9.47 Å². The van der Waals surface area contributed by atoms with Gasteiger partial charge < -0.3 is 14.8 Å². The molecule has 0 saturated heterocycles. The number of carbonyl (C=O) groups excluding carboxylic acids is 1. The molecular weight excluding hydrogens is 349 g/mol. The second-order valence-electron chi connectivity index (χ2n) is 6.05. The van der Waals surface area contributed by atoms with E-state index < -0.39 is 11.7 Å². The maximum Gasteiger partial charge on any atom is 0.258 e. The van der Waals surface area contributed by atoms with Crippen molar-refractivity contribution in [2.75, 3.05) is 18.5 Å². The van der Waals surface area contributed by atoms with Gasteiger partial charge in [-0.3, -0.25) is 14.8 Å². The normalized spacial score (nSPS) is 12.5. The van der Waals surface area contributed by atoms with Gasteiger partial charge in [0.25, 0.3) is 5.91 Å². The lowest BCUT2D eigenvalue weighted by Gasteiger charge is -2.20. The number of nitrogens with one attached hydrogen (secondary N) is 1. The molecule has 1 amide bonds. The Morgan fingerprint density at radius 2 is 1.89 bits per heavy atom. The van der Waals surface area contributed by atoms with Crippen LogP contribution in [-0.2, 0) is 0 Å². The summed E-state index contributed by atoms with van der Waals surface area (Å²) < 4.78 is 24.9. The molecule has 3 heterocycles. The third-order valence-electron chi connectivity index (χ3n) is 4.20. The number of aromatic nitrogens is 2. The molecule has 0 bridgehead atoms. The average Bonchev–Trinajstić information content (AvgIpc) is 2.68. The molecule has 1 aliphatic rings. The van der Waals surface area contributed by atoms with Crippen molar-refractivity contribution in [2.45, 2.75) is 6.92 Å². The predicted molar refractivity (Wildman–Crippen MR) is 97.5 cm³/mol. The van der Waals surface area contributed by atoms with Gasteiger partial charge in [0.15, 0.2) is 17.3 Å². The van der Waals surface area contributed by atoms with E-state index in [-0.39, 0.29) is 5.56 Å². The number of hydrogen-bond acceptors (Lipinski definition) is 5. The van der Waals surface area contributed by atoms with Gasteiger partial charge in [-0.05, 0) is 42.8 Å². The highest BCUT2D eigenvalue weighted by atomic mass is 19.1. The molecule has 0 saturated carbocycles. The third kappa shape index (κ3) is 3.44. The van der Waals surface area contributed by atoms with Crippen molar-refractivity contribution in [1.29, 1.82) is 0 Å². The van der Waals surface area contributed by atoms with E-state index in [1.165, 1.54) is 18.5 Å². The zero-order valence-electron chi connectivity index (χ0n) is 14.5. The first-order chi connectivity index (χ1) is 13.1. The van der Waals surface area contributed by atoms with Gasteiger partial charge in [-0.2, -0.15) is 0 Å². The van der Waals surface area contributed by atoms with Crippen LogP contribution >= 0.6 is 0 Å². The molecule has 3 aromatic rings. The van der Waals surface area contributed by atoms with Crippen molar-refractivity contribution in [3.8, 4) is 22.8 Å². The van der Waals surface area contributed by atoms with Crippen LogP contribution in [0.25, 0.3) is 11.3 Å². The first-order valence-electron chi connectivity index (χ1n) is 8.39. The van der Waals surface area contributed by atoms with E-state index >= 15 is 0 Å². The fourth-order valence-corrected chi connectivity index (χ4v) is 2.85. The minimum Gasteiger partial charge on any atom is -0.486 e. The Labute approximate surface area is 155 Å². The van der Waals surface area contributed by atoms with Gasteiger partial charge in [-0.1, -0.05) is 0 Å². The summed E-state index contributed by atoms with van der Waals surface area (Å²) in [6.07, 6.45) is 3.90. The number of pyridine rings is 2. The number of carbonyl (C=O) groups is 1. The van der Waals surface area contributed by atoms with Crippen LogP contribution in [-0.4, -0.2) is 29.1 Å². The van der Waals surface area contributed by atoms with Crippen LogP contribution in [0.1, 0.15) is 15.9 Å². The molecule has 27 heavy (non-hydrogen) atoms. The Bertz CT molecular complexity index is 1010. The van der Waals surface area contributed by atoms with Crippen LogP contribution in [0.15, 0.2) is 48.9 Å². The summed E-state index contributed by atoms with van der Waals surface area (Å²) in [5.41, 5.74) is 3.05. The van der Waals surface area contributed by atoms with Gasteiger partial charge in [-0.15, -0.1) is 0 Å². The molecule has 0 unspecified atom stereocenters. The molecule has 0 fully saturated rings. The molecule has 2 aromatic heterocycles. The summed E-state index contributed by atoms with van der Waals surface area (Å²) in [4.78, 5) is 20.2. The second-order valence-corrected chi connectivity index (χ2v) is 6.05. The van der Waals surface area contributed by atoms with Gasteiger partial charge in [0, 0.05) is 11.8 Å². The first-order valence-corrected chi connectivity index (χ1v) is 8.39. The zero-order chi connectivity index (χ0) is 18.8. The quantitative estimate of drug-likeness (QED) is 0.767. The zero-order valence-corrected chi connectivity index (χ0v) is 14.5. The summed E-state index contributed by atoms with van der Waals surface area (Å²) in [5, 5.41) is 2.63. The highest BCUT2D eigenvalue weighted by molar-refractivity contribution is 6.04. The molecule has 1 N–H and O–H groups in total. The van der Waals surface area contributed by atoms with Crippen LogP contribution < -0.4 is 14.8 Å². The van der Waals surface area contributed by atoms with E-state index in [0.29, 0.717) is 24.7 Å². The van der Waals surface area contributed by atoms with Crippen molar-refractivity contribution < 1.29 is 18.7 Å². The number of amides is 1. The number of hydrogen-bond donors (Lipinski definition) is 1. The topological polar surface area (TPSA) is 73.3 Å². The highest BCUT2D eigenvalue weighted by Gasteiger charge is 2.16. The summed E-state index contributed by atoms with van der Waals surface area (Å²) in [6, 6.07) is 8.65. The Morgan fingerprint density at radius 1 is 1.11 bits per heavy atom. The molecule has 6 nitrogen and oxygen atoms in total. The maximum atomic E-state index is 13.6. The number of aryl methyl sites for hydroxylation is 1. The first kappa shape index (κ1) is 17.0. The monoisotopic (exact) mass is 365 g/mol. The molecule has 1 aliphatic heterocycles. The number of halogens is 1. The summed E-state index contributed by atoms with van der Waals surface area (Å²) >= 11 is 0.